The lowest BCUT2D eigenvalue weighted by Crippen LogP contribution is -2.30. The summed E-state index contributed by atoms with van der Waals surface area (Å²) in [6, 6.07) is 0. The maximum atomic E-state index is 12.6. The Bertz CT molecular complexity index is 857. The average Bonchev–Trinajstić information content (AvgIpc) is 3.08. The van der Waals surface area contributed by atoms with Gasteiger partial charge >= 0.3 is 11.9 Å². The van der Waals surface area contributed by atoms with Crippen LogP contribution in [0.3, 0.4) is 0 Å². The molecule has 11 heteroatoms. The second-order valence-electron chi connectivity index (χ2n) is 13.7. The average molecular weight is 750 g/mol. The summed E-state index contributed by atoms with van der Waals surface area (Å²) in [7, 11) is -4.70. The first-order valence-corrected chi connectivity index (χ1v) is 22.7. The zero-order valence-electron chi connectivity index (χ0n) is 32.2. The van der Waals surface area contributed by atoms with E-state index in [1.54, 1.807) is 0 Å². The molecular weight excluding hydrogens is 675 g/mol. The summed E-state index contributed by atoms with van der Waals surface area (Å²) in [6.07, 6.45) is 30.7. The van der Waals surface area contributed by atoms with E-state index >= 15 is 0 Å². The number of rotatable bonds is 38. The van der Waals surface area contributed by atoms with Crippen LogP contribution in [0.4, 0.5) is 0 Å². The van der Waals surface area contributed by atoms with Crippen LogP contribution in [0, 0.1) is 0 Å². The molecule has 2 atom stereocenters. The van der Waals surface area contributed by atoms with Crippen LogP contribution in [0.15, 0.2) is 0 Å². The molecule has 0 saturated heterocycles. The van der Waals surface area contributed by atoms with Crippen molar-refractivity contribution in [2.75, 3.05) is 25.6 Å². The van der Waals surface area contributed by atoms with Crippen molar-refractivity contribution < 1.29 is 42.4 Å². The maximum Gasteiger partial charge on any atom is 0.306 e. The SMILES string of the molecule is CCCCCCCCCCCCCCCC(=O)OC[C@H](COP(=O)([O-])OCCSC(C)=O)OC(=O)CCCCCCCCCCCCCCC. The van der Waals surface area contributed by atoms with Gasteiger partial charge < -0.3 is 23.4 Å². The second kappa shape index (κ2) is 36.4. The minimum atomic E-state index is -4.70. The molecule has 0 aromatic rings. The van der Waals surface area contributed by atoms with Crippen molar-refractivity contribution in [1.82, 2.24) is 0 Å². The van der Waals surface area contributed by atoms with Crippen molar-refractivity contribution in [1.29, 1.82) is 0 Å². The maximum absolute atomic E-state index is 12.6. The zero-order valence-corrected chi connectivity index (χ0v) is 33.9. The van der Waals surface area contributed by atoms with Crippen LogP contribution < -0.4 is 4.89 Å². The lowest BCUT2D eigenvalue weighted by Gasteiger charge is -2.25. The van der Waals surface area contributed by atoms with Crippen LogP contribution in [0.25, 0.3) is 0 Å². The summed E-state index contributed by atoms with van der Waals surface area (Å²) < 4.78 is 32.8. The van der Waals surface area contributed by atoms with Gasteiger partial charge in [-0.2, -0.15) is 0 Å². The van der Waals surface area contributed by atoms with Crippen molar-refractivity contribution >= 4 is 36.6 Å². The van der Waals surface area contributed by atoms with Gasteiger partial charge in [0.15, 0.2) is 11.2 Å². The Balaban J connectivity index is 4.34. The third-order valence-corrected chi connectivity index (χ3v) is 10.5. The number of hydrogen-bond donors (Lipinski definition) is 0. The van der Waals surface area contributed by atoms with E-state index in [0.717, 1.165) is 50.3 Å². The molecule has 0 fully saturated rings. The van der Waals surface area contributed by atoms with Crippen LogP contribution in [0.1, 0.15) is 201 Å². The number of phosphoric ester groups is 1. The number of unbranched alkanes of at least 4 members (excludes halogenated alkanes) is 24. The molecule has 0 saturated carbocycles. The summed E-state index contributed by atoms with van der Waals surface area (Å²) >= 11 is 0.946. The predicted octanol–water partition coefficient (Wildman–Crippen LogP) is 11.2. The zero-order chi connectivity index (χ0) is 37.0. The third kappa shape index (κ3) is 36.8. The molecular formula is C39H74O9PS-. The fraction of sp³-hybridized carbons (Fsp3) is 0.923. The number of phosphoric acid groups is 1. The predicted molar refractivity (Wildman–Crippen MR) is 204 cm³/mol. The van der Waals surface area contributed by atoms with E-state index in [0.29, 0.717) is 6.42 Å². The van der Waals surface area contributed by atoms with Crippen LogP contribution >= 0.6 is 19.6 Å². The van der Waals surface area contributed by atoms with E-state index < -0.39 is 32.5 Å². The fourth-order valence-electron chi connectivity index (χ4n) is 5.74. The molecule has 1 unspecified atom stereocenters. The van der Waals surface area contributed by atoms with Crippen molar-refractivity contribution in [3.8, 4) is 0 Å². The first-order valence-electron chi connectivity index (χ1n) is 20.3. The minimum absolute atomic E-state index is 0.147. The highest BCUT2D eigenvalue weighted by Crippen LogP contribution is 2.38. The van der Waals surface area contributed by atoms with Gasteiger partial charge in [0.25, 0.3) is 7.82 Å². The monoisotopic (exact) mass is 749 g/mol. The molecule has 0 aliphatic heterocycles. The van der Waals surface area contributed by atoms with Gasteiger partial charge in [-0.15, -0.1) is 0 Å². The van der Waals surface area contributed by atoms with Gasteiger partial charge in [0.2, 0.25) is 0 Å². The molecule has 9 nitrogen and oxygen atoms in total. The van der Waals surface area contributed by atoms with Crippen molar-refractivity contribution in [2.24, 2.45) is 0 Å². The summed E-state index contributed by atoms with van der Waals surface area (Å²) in [6.45, 7) is 4.84. The number of thioether (sulfide) groups is 1. The number of carbonyl (C=O) groups excluding carboxylic acids is 3. The Morgan fingerprint density at radius 2 is 0.940 bits per heavy atom. The molecule has 0 aliphatic rings. The number of esters is 2. The molecule has 0 aromatic carbocycles. The molecule has 0 aliphatic carbocycles. The second-order valence-corrected chi connectivity index (χ2v) is 16.4. The van der Waals surface area contributed by atoms with E-state index in [-0.39, 0.29) is 36.9 Å². The first-order chi connectivity index (χ1) is 24.2. The standard InChI is InChI=1S/C39H75O9PS/c1-4-6-8-10-12-14-16-18-20-22-24-26-28-30-38(41)45-34-37(35-47-49(43,44)46-32-33-50-36(3)40)48-39(42)31-29-27-25-23-21-19-17-15-13-11-9-7-5-2/h37H,4-35H2,1-3H3,(H,43,44)/p-1/t37-/m1/s1. The third-order valence-electron chi connectivity index (χ3n) is 8.75. The number of ether oxygens (including phenoxy) is 2. The molecule has 296 valence electrons. The summed E-state index contributed by atoms with van der Waals surface area (Å²) in [5.41, 5.74) is 0. The molecule has 0 aromatic heterocycles. The van der Waals surface area contributed by atoms with Gasteiger partial charge in [0.1, 0.15) is 6.61 Å². The van der Waals surface area contributed by atoms with Crippen LogP contribution in [0.2, 0.25) is 0 Å². The number of carbonyl (C=O) groups is 3. The van der Waals surface area contributed by atoms with Gasteiger partial charge in [-0.1, -0.05) is 180 Å². The van der Waals surface area contributed by atoms with Gasteiger partial charge in [-0.05, 0) is 12.8 Å². The minimum Gasteiger partial charge on any atom is -0.756 e. The largest absolute Gasteiger partial charge is 0.756 e. The summed E-state index contributed by atoms with van der Waals surface area (Å²) in [5.74, 6) is -0.721. The van der Waals surface area contributed by atoms with Gasteiger partial charge in [0, 0.05) is 25.5 Å². The molecule has 0 amide bonds. The van der Waals surface area contributed by atoms with Crippen molar-refractivity contribution in [2.45, 2.75) is 207 Å². The molecule has 0 heterocycles. The molecule has 0 bridgehead atoms. The van der Waals surface area contributed by atoms with Gasteiger partial charge in [0.05, 0.1) is 13.2 Å². The first kappa shape index (κ1) is 49.1. The Morgan fingerprint density at radius 3 is 1.34 bits per heavy atom. The van der Waals surface area contributed by atoms with Crippen LogP contribution in [-0.2, 0) is 37.5 Å². The Morgan fingerprint density at radius 1 is 0.560 bits per heavy atom. The highest BCUT2D eigenvalue weighted by Gasteiger charge is 2.21. The molecule has 50 heavy (non-hydrogen) atoms. The number of hydrogen-bond acceptors (Lipinski definition) is 10. The van der Waals surface area contributed by atoms with E-state index in [4.69, 9.17) is 18.5 Å². The Labute approximate surface area is 310 Å². The van der Waals surface area contributed by atoms with Crippen molar-refractivity contribution in [3.63, 3.8) is 0 Å². The smallest absolute Gasteiger partial charge is 0.306 e. The van der Waals surface area contributed by atoms with Crippen LogP contribution in [0.5, 0.6) is 0 Å². The lowest BCUT2D eigenvalue weighted by atomic mass is 10.0. The topological polar surface area (TPSA) is 128 Å². The Kier molecular flexibility index (Phi) is 35.8. The van der Waals surface area contributed by atoms with E-state index in [1.165, 1.54) is 129 Å². The Hall–Kier alpha value is -0.930. The normalized spacial score (nSPS) is 13.2. The summed E-state index contributed by atoms with van der Waals surface area (Å²) in [5, 5.41) is -0.147. The van der Waals surface area contributed by atoms with E-state index in [2.05, 4.69) is 13.8 Å². The highest BCUT2D eigenvalue weighted by molar-refractivity contribution is 8.13. The summed E-state index contributed by atoms with van der Waals surface area (Å²) in [4.78, 5) is 48.2. The lowest BCUT2D eigenvalue weighted by molar-refractivity contribution is -0.228. The molecule has 0 spiro atoms. The van der Waals surface area contributed by atoms with Crippen molar-refractivity contribution in [3.05, 3.63) is 0 Å². The van der Waals surface area contributed by atoms with Gasteiger partial charge in [-0.25, -0.2) is 0 Å². The molecule has 0 rings (SSSR count). The highest BCUT2D eigenvalue weighted by atomic mass is 32.2. The molecule has 0 radical (unpaired) electrons. The van der Waals surface area contributed by atoms with E-state index in [1.807, 2.05) is 0 Å². The quantitative estimate of drug-likeness (QED) is 0.0342. The van der Waals surface area contributed by atoms with Gasteiger partial charge in [-0.3, -0.25) is 18.9 Å². The fourth-order valence-corrected chi connectivity index (χ4v) is 7.06. The molecule has 0 N–H and O–H groups in total. The van der Waals surface area contributed by atoms with E-state index in [9.17, 15) is 23.8 Å². The van der Waals surface area contributed by atoms with Crippen LogP contribution in [-0.4, -0.2) is 48.7 Å².